The van der Waals surface area contributed by atoms with Crippen LogP contribution in [0.25, 0.3) is 0 Å². The lowest BCUT2D eigenvalue weighted by Gasteiger charge is -2.09. The van der Waals surface area contributed by atoms with Crippen LogP contribution >= 0.6 is 23.2 Å². The quantitative estimate of drug-likeness (QED) is 0.871. The van der Waals surface area contributed by atoms with E-state index in [2.05, 4.69) is 0 Å². The molecule has 98 valence electrons. The first kappa shape index (κ1) is 13.7. The molecule has 0 bridgehead atoms. The molecule has 0 amide bonds. The zero-order valence-corrected chi connectivity index (χ0v) is 11.2. The summed E-state index contributed by atoms with van der Waals surface area (Å²) in [5.74, 6) is -0.678. The van der Waals surface area contributed by atoms with Crippen LogP contribution < -0.4 is 9.84 Å². The summed E-state index contributed by atoms with van der Waals surface area (Å²) >= 11 is 11.7. The topological polar surface area (TPSA) is 49.4 Å². The number of halogens is 2. The highest BCUT2D eigenvalue weighted by Crippen LogP contribution is 2.28. The summed E-state index contributed by atoms with van der Waals surface area (Å²) in [5.41, 5.74) is 0.962. The molecule has 2 rings (SSSR count). The second-order valence-electron chi connectivity index (χ2n) is 3.85. The molecule has 0 aromatic heterocycles. The van der Waals surface area contributed by atoms with Gasteiger partial charge in [0, 0.05) is 5.02 Å². The number of ether oxygens (including phenoxy) is 1. The molecule has 0 N–H and O–H groups in total. The molecule has 0 aliphatic heterocycles. The van der Waals surface area contributed by atoms with Gasteiger partial charge in [0.05, 0.1) is 11.0 Å². The maximum atomic E-state index is 10.6. The van der Waals surface area contributed by atoms with Crippen LogP contribution in [0.1, 0.15) is 15.9 Å². The lowest BCUT2D eigenvalue weighted by Crippen LogP contribution is -2.22. The zero-order valence-electron chi connectivity index (χ0n) is 9.73. The average Bonchev–Trinajstić information content (AvgIpc) is 2.38. The summed E-state index contributed by atoms with van der Waals surface area (Å²) < 4.78 is 5.52. The van der Waals surface area contributed by atoms with Crippen molar-refractivity contribution in [2.45, 2.75) is 6.61 Å². The highest BCUT2D eigenvalue weighted by molar-refractivity contribution is 6.35. The van der Waals surface area contributed by atoms with E-state index in [9.17, 15) is 9.90 Å². The number of rotatable bonds is 4. The molecule has 0 aliphatic rings. The van der Waals surface area contributed by atoms with E-state index >= 15 is 0 Å². The fourth-order valence-corrected chi connectivity index (χ4v) is 1.95. The van der Waals surface area contributed by atoms with Crippen LogP contribution in [0.2, 0.25) is 10.0 Å². The molecule has 0 unspecified atom stereocenters. The summed E-state index contributed by atoms with van der Waals surface area (Å²) in [6.45, 7) is 0.286. The van der Waals surface area contributed by atoms with E-state index in [4.69, 9.17) is 27.9 Å². The monoisotopic (exact) mass is 295 g/mol. The third-order valence-corrected chi connectivity index (χ3v) is 3.01. The minimum atomic E-state index is -1.20. The molecule has 2 aromatic carbocycles. The first-order chi connectivity index (χ1) is 9.06. The van der Waals surface area contributed by atoms with Crippen LogP contribution in [-0.4, -0.2) is 5.97 Å². The molecular weight excluding hydrogens is 287 g/mol. The fraction of sp³-hybridized carbons (Fsp3) is 0.0714. The molecule has 0 aliphatic carbocycles. The van der Waals surface area contributed by atoms with Crippen molar-refractivity contribution in [1.29, 1.82) is 0 Å². The van der Waals surface area contributed by atoms with Crippen molar-refractivity contribution in [2.75, 3.05) is 0 Å². The first-order valence-electron chi connectivity index (χ1n) is 5.44. The highest BCUT2D eigenvalue weighted by atomic mass is 35.5. The normalized spacial score (nSPS) is 10.2. The Labute approximate surface area is 120 Å². The fourth-order valence-electron chi connectivity index (χ4n) is 1.49. The highest BCUT2D eigenvalue weighted by Gasteiger charge is 2.03. The van der Waals surface area contributed by atoms with Crippen LogP contribution in [-0.2, 0) is 6.61 Å². The van der Waals surface area contributed by atoms with Gasteiger partial charge in [-0.1, -0.05) is 47.5 Å². The van der Waals surface area contributed by atoms with Gasteiger partial charge in [-0.05, 0) is 29.3 Å². The van der Waals surface area contributed by atoms with E-state index in [0.29, 0.717) is 15.8 Å². The molecule has 0 saturated carbocycles. The molecule has 19 heavy (non-hydrogen) atoms. The standard InChI is InChI=1S/C14H10Cl2O3/c15-11-5-6-13(12(16)7-11)19-8-9-1-3-10(4-2-9)14(17)18/h1-7H,8H2,(H,17,18)/p-1. The maximum absolute atomic E-state index is 10.6. The van der Waals surface area contributed by atoms with Crippen molar-refractivity contribution in [3.8, 4) is 5.75 Å². The predicted octanol–water partition coefficient (Wildman–Crippen LogP) is 2.94. The molecule has 0 atom stereocenters. The van der Waals surface area contributed by atoms with Crippen molar-refractivity contribution in [1.82, 2.24) is 0 Å². The van der Waals surface area contributed by atoms with E-state index in [1.807, 2.05) is 0 Å². The molecule has 0 spiro atoms. The number of hydrogen-bond acceptors (Lipinski definition) is 3. The van der Waals surface area contributed by atoms with E-state index in [0.717, 1.165) is 5.56 Å². The summed E-state index contributed by atoms with van der Waals surface area (Å²) in [4.78, 5) is 10.6. The number of carbonyl (C=O) groups excluding carboxylic acids is 1. The van der Waals surface area contributed by atoms with Gasteiger partial charge in [-0.25, -0.2) is 0 Å². The Morgan fingerprint density at radius 2 is 1.79 bits per heavy atom. The van der Waals surface area contributed by atoms with Crippen LogP contribution in [0.4, 0.5) is 0 Å². The molecule has 0 fully saturated rings. The number of hydrogen-bond donors (Lipinski definition) is 0. The van der Waals surface area contributed by atoms with Gasteiger partial charge >= 0.3 is 0 Å². The SMILES string of the molecule is O=C([O-])c1ccc(COc2ccc(Cl)cc2Cl)cc1. The molecule has 5 heteroatoms. The van der Waals surface area contributed by atoms with E-state index in [1.54, 1.807) is 30.3 Å². The smallest absolute Gasteiger partial charge is 0.138 e. The minimum absolute atomic E-state index is 0.133. The summed E-state index contributed by atoms with van der Waals surface area (Å²) in [6, 6.07) is 11.2. The van der Waals surface area contributed by atoms with Gasteiger partial charge in [-0.3, -0.25) is 0 Å². The molecule has 0 radical (unpaired) electrons. The first-order valence-corrected chi connectivity index (χ1v) is 6.20. The zero-order chi connectivity index (χ0) is 13.8. The van der Waals surface area contributed by atoms with E-state index < -0.39 is 5.97 Å². The van der Waals surface area contributed by atoms with Crippen molar-refractivity contribution in [3.63, 3.8) is 0 Å². The Bertz CT molecular complexity index is 594. The van der Waals surface area contributed by atoms with Crippen molar-refractivity contribution < 1.29 is 14.6 Å². The Hall–Kier alpha value is -1.71. The van der Waals surface area contributed by atoms with E-state index in [1.165, 1.54) is 12.1 Å². The lowest BCUT2D eigenvalue weighted by atomic mass is 10.1. The van der Waals surface area contributed by atoms with Crippen LogP contribution in [0.3, 0.4) is 0 Å². The number of carbonyl (C=O) groups is 1. The van der Waals surface area contributed by atoms with Gasteiger partial charge in [0.2, 0.25) is 0 Å². The van der Waals surface area contributed by atoms with Gasteiger partial charge < -0.3 is 14.6 Å². The Morgan fingerprint density at radius 1 is 1.11 bits per heavy atom. The van der Waals surface area contributed by atoms with Gasteiger partial charge in [0.25, 0.3) is 0 Å². The van der Waals surface area contributed by atoms with Gasteiger partial charge in [-0.2, -0.15) is 0 Å². The number of aromatic carboxylic acids is 1. The van der Waals surface area contributed by atoms with Crippen molar-refractivity contribution >= 4 is 29.2 Å². The number of carboxylic acid groups (broad SMARTS) is 1. The summed E-state index contributed by atoms with van der Waals surface area (Å²) in [5, 5.41) is 11.6. The summed E-state index contributed by atoms with van der Waals surface area (Å²) in [7, 11) is 0. The second kappa shape index (κ2) is 5.95. The molecule has 2 aromatic rings. The minimum Gasteiger partial charge on any atom is -0.545 e. The second-order valence-corrected chi connectivity index (χ2v) is 4.69. The molecule has 0 heterocycles. The number of carboxylic acids is 1. The number of benzene rings is 2. The van der Waals surface area contributed by atoms with E-state index in [-0.39, 0.29) is 12.2 Å². The average molecular weight is 296 g/mol. The predicted molar refractivity (Wildman–Crippen MR) is 71.6 cm³/mol. The summed E-state index contributed by atoms with van der Waals surface area (Å²) in [6.07, 6.45) is 0. The Balaban J connectivity index is 2.04. The van der Waals surface area contributed by atoms with Crippen molar-refractivity contribution in [2.24, 2.45) is 0 Å². The Morgan fingerprint density at radius 3 is 2.37 bits per heavy atom. The van der Waals surface area contributed by atoms with Gasteiger partial charge in [-0.15, -0.1) is 0 Å². The Kier molecular flexibility index (Phi) is 4.30. The third kappa shape index (κ3) is 3.63. The van der Waals surface area contributed by atoms with Gasteiger partial charge in [0.15, 0.2) is 0 Å². The molecule has 0 saturated heterocycles. The maximum Gasteiger partial charge on any atom is 0.138 e. The van der Waals surface area contributed by atoms with Crippen LogP contribution in [0.5, 0.6) is 5.75 Å². The molecule has 3 nitrogen and oxygen atoms in total. The van der Waals surface area contributed by atoms with Crippen LogP contribution in [0.15, 0.2) is 42.5 Å². The van der Waals surface area contributed by atoms with Gasteiger partial charge in [0.1, 0.15) is 12.4 Å². The van der Waals surface area contributed by atoms with Crippen molar-refractivity contribution in [3.05, 3.63) is 63.6 Å². The third-order valence-electron chi connectivity index (χ3n) is 2.48. The van der Waals surface area contributed by atoms with Crippen LogP contribution in [0, 0.1) is 0 Å². The largest absolute Gasteiger partial charge is 0.545 e. The lowest BCUT2D eigenvalue weighted by molar-refractivity contribution is -0.255. The molecular formula is C14H9Cl2O3-.